The fourth-order valence-corrected chi connectivity index (χ4v) is 1.86. The molecule has 9 heteroatoms. The Kier molecular flexibility index (Phi) is 4.55. The number of aromatic hydroxyl groups is 2. The molecule has 0 spiro atoms. The van der Waals surface area contributed by atoms with Crippen LogP contribution in [0.3, 0.4) is 0 Å². The summed E-state index contributed by atoms with van der Waals surface area (Å²) in [6.45, 7) is 0. The number of amides is 2. The summed E-state index contributed by atoms with van der Waals surface area (Å²) in [4.78, 5) is 33.7. The van der Waals surface area contributed by atoms with Crippen molar-refractivity contribution in [2.45, 2.75) is 0 Å². The van der Waals surface area contributed by atoms with Gasteiger partial charge >= 0.3 is 18.0 Å². The van der Waals surface area contributed by atoms with Crippen molar-refractivity contribution < 1.29 is 34.8 Å². The number of hydrogen-bond acceptors (Lipinski definition) is 5. The number of carboxylic acid groups (broad SMARTS) is 2. The number of aromatic carboxylic acids is 2. The Balaban J connectivity index is 2.14. The number of benzene rings is 2. The van der Waals surface area contributed by atoms with Gasteiger partial charge in [-0.15, -0.1) is 0 Å². The Labute approximate surface area is 134 Å². The first-order valence-corrected chi connectivity index (χ1v) is 6.48. The van der Waals surface area contributed by atoms with Crippen LogP contribution in [0.1, 0.15) is 20.7 Å². The molecule has 124 valence electrons. The molecular weight excluding hydrogens is 320 g/mol. The van der Waals surface area contributed by atoms with Crippen LogP contribution >= 0.6 is 0 Å². The number of anilines is 2. The zero-order valence-corrected chi connectivity index (χ0v) is 12.0. The quantitative estimate of drug-likeness (QED) is 0.468. The van der Waals surface area contributed by atoms with Crippen molar-refractivity contribution in [2.75, 3.05) is 10.6 Å². The first kappa shape index (κ1) is 16.6. The molecule has 9 nitrogen and oxygen atoms in total. The van der Waals surface area contributed by atoms with Crippen LogP contribution in [0.25, 0.3) is 0 Å². The van der Waals surface area contributed by atoms with Crippen molar-refractivity contribution in [1.29, 1.82) is 0 Å². The van der Waals surface area contributed by atoms with Crippen molar-refractivity contribution in [3.05, 3.63) is 47.5 Å². The van der Waals surface area contributed by atoms with Gasteiger partial charge in [0.2, 0.25) is 0 Å². The summed E-state index contributed by atoms with van der Waals surface area (Å²) in [5, 5.41) is 41.3. The predicted octanol–water partition coefficient (Wildman–Crippen LogP) is 2.14. The third-order valence-corrected chi connectivity index (χ3v) is 2.97. The van der Waals surface area contributed by atoms with Gasteiger partial charge in [-0.05, 0) is 36.4 Å². The summed E-state index contributed by atoms with van der Waals surface area (Å²) >= 11 is 0. The van der Waals surface area contributed by atoms with Gasteiger partial charge in [-0.3, -0.25) is 0 Å². The number of nitrogens with one attached hydrogen (secondary N) is 2. The molecular formula is C15H12N2O7. The molecule has 6 N–H and O–H groups in total. The maximum atomic E-state index is 11.9. The summed E-state index contributed by atoms with van der Waals surface area (Å²) in [5.41, 5.74) is -0.545. The van der Waals surface area contributed by atoms with Crippen molar-refractivity contribution in [2.24, 2.45) is 0 Å². The van der Waals surface area contributed by atoms with Crippen molar-refractivity contribution in [3.63, 3.8) is 0 Å². The molecule has 0 bridgehead atoms. The number of carboxylic acids is 2. The molecule has 0 aliphatic carbocycles. The third-order valence-electron chi connectivity index (χ3n) is 2.97. The SMILES string of the molecule is O=C(Nc1ccc(O)c(C(=O)O)c1)Nc1ccc(O)c(C(=O)O)c1. The number of carbonyl (C=O) groups is 3. The molecule has 0 aromatic heterocycles. The number of hydrogen-bond donors (Lipinski definition) is 6. The summed E-state index contributed by atoms with van der Waals surface area (Å²) in [6.07, 6.45) is 0. The van der Waals surface area contributed by atoms with Crippen LogP contribution in [0, 0.1) is 0 Å². The fraction of sp³-hybridized carbons (Fsp3) is 0. The first-order valence-electron chi connectivity index (χ1n) is 6.48. The average Bonchev–Trinajstić information content (AvgIpc) is 2.50. The second kappa shape index (κ2) is 6.57. The van der Waals surface area contributed by atoms with E-state index in [1.807, 2.05) is 0 Å². The minimum Gasteiger partial charge on any atom is -0.507 e. The van der Waals surface area contributed by atoms with Gasteiger partial charge in [-0.1, -0.05) is 0 Å². The number of phenols is 2. The van der Waals surface area contributed by atoms with Crippen LogP contribution in [0.5, 0.6) is 11.5 Å². The van der Waals surface area contributed by atoms with Crippen LogP contribution < -0.4 is 10.6 Å². The van der Waals surface area contributed by atoms with E-state index in [4.69, 9.17) is 10.2 Å². The summed E-state index contributed by atoms with van der Waals surface area (Å²) in [6, 6.07) is 6.18. The molecule has 0 saturated carbocycles. The van der Waals surface area contributed by atoms with Gasteiger partial charge in [0, 0.05) is 11.4 Å². The molecule has 2 aromatic carbocycles. The molecule has 24 heavy (non-hydrogen) atoms. The van der Waals surface area contributed by atoms with Crippen LogP contribution in [-0.4, -0.2) is 38.4 Å². The van der Waals surface area contributed by atoms with E-state index in [1.165, 1.54) is 12.1 Å². The second-order valence-electron chi connectivity index (χ2n) is 4.65. The molecule has 2 rings (SSSR count). The Morgan fingerprint density at radius 2 is 1.08 bits per heavy atom. The van der Waals surface area contributed by atoms with Gasteiger partial charge in [0.05, 0.1) is 0 Å². The normalized spacial score (nSPS) is 10.0. The number of urea groups is 1. The van der Waals surface area contributed by atoms with Crippen molar-refractivity contribution in [1.82, 2.24) is 0 Å². The molecule has 0 fully saturated rings. The minimum atomic E-state index is -1.36. The van der Waals surface area contributed by atoms with Crippen molar-refractivity contribution >= 4 is 29.3 Å². The van der Waals surface area contributed by atoms with Gasteiger partial charge in [0.1, 0.15) is 22.6 Å². The van der Waals surface area contributed by atoms with E-state index in [0.29, 0.717) is 0 Å². The van der Waals surface area contributed by atoms with Gasteiger partial charge in [-0.2, -0.15) is 0 Å². The molecule has 0 heterocycles. The van der Waals surface area contributed by atoms with Crippen LogP contribution in [0.15, 0.2) is 36.4 Å². The maximum absolute atomic E-state index is 11.9. The molecule has 0 aliphatic rings. The van der Waals surface area contributed by atoms with Crippen LogP contribution in [0.4, 0.5) is 16.2 Å². The summed E-state index contributed by atoms with van der Waals surface area (Å²) < 4.78 is 0. The summed E-state index contributed by atoms with van der Waals surface area (Å²) in [5.74, 6) is -3.61. The van der Waals surface area contributed by atoms with E-state index in [9.17, 15) is 24.6 Å². The highest BCUT2D eigenvalue weighted by Gasteiger charge is 2.13. The molecule has 0 saturated heterocycles. The third kappa shape index (κ3) is 3.71. The maximum Gasteiger partial charge on any atom is 0.339 e. The van der Waals surface area contributed by atoms with E-state index in [1.54, 1.807) is 0 Å². The second-order valence-corrected chi connectivity index (χ2v) is 4.65. The lowest BCUT2D eigenvalue weighted by molar-refractivity contribution is 0.0682. The smallest absolute Gasteiger partial charge is 0.339 e. The Bertz CT molecular complexity index is 765. The average molecular weight is 332 g/mol. The molecule has 0 aliphatic heterocycles. The predicted molar refractivity (Wildman–Crippen MR) is 82.8 cm³/mol. The van der Waals surface area contributed by atoms with Gasteiger partial charge < -0.3 is 31.1 Å². The summed E-state index contributed by atoms with van der Waals surface area (Å²) in [7, 11) is 0. The lowest BCUT2D eigenvalue weighted by Gasteiger charge is -2.10. The highest BCUT2D eigenvalue weighted by Crippen LogP contribution is 2.23. The highest BCUT2D eigenvalue weighted by atomic mass is 16.4. The standard InChI is InChI=1S/C15H12N2O7/c18-11-3-1-7(5-9(11)13(20)21)16-15(24)17-8-2-4-12(19)10(6-8)14(22)23/h1-6,18-19H,(H,20,21)(H,22,23)(H2,16,17,24). The van der Waals surface area contributed by atoms with Crippen molar-refractivity contribution in [3.8, 4) is 11.5 Å². The number of carbonyl (C=O) groups excluding carboxylic acids is 1. The largest absolute Gasteiger partial charge is 0.507 e. The topological polar surface area (TPSA) is 156 Å². The van der Waals surface area contributed by atoms with Gasteiger partial charge in [0.25, 0.3) is 0 Å². The molecule has 0 unspecified atom stereocenters. The first-order chi connectivity index (χ1) is 11.3. The molecule has 2 amide bonds. The Morgan fingerprint density at radius 3 is 1.42 bits per heavy atom. The van der Waals surface area contributed by atoms with Gasteiger partial charge in [0.15, 0.2) is 0 Å². The zero-order chi connectivity index (χ0) is 17.9. The van der Waals surface area contributed by atoms with E-state index >= 15 is 0 Å². The van der Waals surface area contributed by atoms with E-state index in [2.05, 4.69) is 10.6 Å². The lowest BCUT2D eigenvalue weighted by Crippen LogP contribution is -2.19. The van der Waals surface area contributed by atoms with E-state index < -0.39 is 29.5 Å². The fourth-order valence-electron chi connectivity index (χ4n) is 1.86. The lowest BCUT2D eigenvalue weighted by atomic mass is 10.1. The zero-order valence-electron chi connectivity index (χ0n) is 12.0. The Hall–Kier alpha value is -3.75. The molecule has 2 aromatic rings. The van der Waals surface area contributed by atoms with Gasteiger partial charge in [-0.25, -0.2) is 14.4 Å². The number of rotatable bonds is 4. The highest BCUT2D eigenvalue weighted by molar-refractivity contribution is 6.02. The molecule has 0 atom stereocenters. The van der Waals surface area contributed by atoms with Crippen LogP contribution in [-0.2, 0) is 0 Å². The Morgan fingerprint density at radius 1 is 0.708 bits per heavy atom. The van der Waals surface area contributed by atoms with Crippen LogP contribution in [0.2, 0.25) is 0 Å². The van der Waals surface area contributed by atoms with E-state index in [0.717, 1.165) is 24.3 Å². The molecule has 0 radical (unpaired) electrons. The van der Waals surface area contributed by atoms with E-state index in [-0.39, 0.29) is 22.5 Å². The monoisotopic (exact) mass is 332 g/mol. The minimum absolute atomic E-state index is 0.111.